The van der Waals surface area contributed by atoms with E-state index >= 15 is 0 Å². The Morgan fingerprint density at radius 3 is 1.88 bits per heavy atom. The van der Waals surface area contributed by atoms with Crippen molar-refractivity contribution in [1.82, 2.24) is 4.90 Å². The van der Waals surface area contributed by atoms with E-state index < -0.39 is 11.6 Å². The first kappa shape index (κ1) is 17.3. The molecule has 1 N–H and O–H groups in total. The van der Waals surface area contributed by atoms with Crippen LogP contribution in [-0.4, -0.2) is 34.9 Å². The number of ether oxygens (including phenoxy) is 2. The van der Waals surface area contributed by atoms with Gasteiger partial charge in [0.15, 0.2) is 0 Å². The van der Waals surface area contributed by atoms with Gasteiger partial charge in [0, 0.05) is 10.0 Å². The summed E-state index contributed by atoms with van der Waals surface area (Å²) in [5.74, 6) is 0. The highest BCUT2D eigenvalue weighted by molar-refractivity contribution is 6.30. The van der Waals surface area contributed by atoms with E-state index in [1.54, 1.807) is 6.92 Å². The summed E-state index contributed by atoms with van der Waals surface area (Å²) in [7, 11) is 0. The second kappa shape index (κ2) is 6.54. The lowest BCUT2D eigenvalue weighted by Gasteiger charge is -2.36. The number of aliphatic hydroxyl groups is 1. The van der Waals surface area contributed by atoms with E-state index in [9.17, 15) is 5.11 Å². The summed E-state index contributed by atoms with van der Waals surface area (Å²) >= 11 is 12.3. The smallest absolute Gasteiger partial charge is 0.139 e. The van der Waals surface area contributed by atoms with Gasteiger partial charge in [0.05, 0.1) is 24.9 Å². The molecule has 0 spiro atoms. The van der Waals surface area contributed by atoms with E-state index in [1.165, 1.54) is 0 Å². The number of benzene rings is 2. The monoisotopic (exact) mass is 379 g/mol. The van der Waals surface area contributed by atoms with Gasteiger partial charge in [-0.2, -0.15) is 0 Å². The zero-order valence-corrected chi connectivity index (χ0v) is 15.2. The molecule has 2 aromatic rings. The number of rotatable bonds is 3. The zero-order valence-electron chi connectivity index (χ0n) is 13.7. The normalized spacial score (nSPS) is 30.4. The number of aliphatic hydroxyl groups excluding tert-OH is 1. The van der Waals surface area contributed by atoms with Crippen LogP contribution in [0.1, 0.15) is 30.5 Å². The molecule has 2 fully saturated rings. The fourth-order valence-electron chi connectivity index (χ4n) is 3.68. The van der Waals surface area contributed by atoms with E-state index in [2.05, 4.69) is 4.90 Å². The third kappa shape index (κ3) is 2.87. The Kier molecular flexibility index (Phi) is 4.52. The lowest BCUT2D eigenvalue weighted by atomic mass is 9.94. The molecular weight excluding hydrogens is 361 g/mol. The van der Waals surface area contributed by atoms with Crippen molar-refractivity contribution in [1.29, 1.82) is 0 Å². The van der Waals surface area contributed by atoms with E-state index in [0.717, 1.165) is 11.1 Å². The third-order valence-corrected chi connectivity index (χ3v) is 5.52. The van der Waals surface area contributed by atoms with Crippen LogP contribution < -0.4 is 0 Å². The molecule has 4 rings (SSSR count). The molecule has 2 aliphatic rings. The number of fused-ring (bicyclic) bond motifs is 1. The number of hydrogen-bond acceptors (Lipinski definition) is 4. The van der Waals surface area contributed by atoms with Crippen LogP contribution in [-0.2, 0) is 9.47 Å². The van der Waals surface area contributed by atoms with Gasteiger partial charge in [0.2, 0.25) is 0 Å². The third-order valence-electron chi connectivity index (χ3n) is 5.05. The van der Waals surface area contributed by atoms with Gasteiger partial charge in [-0.3, -0.25) is 0 Å². The zero-order chi connectivity index (χ0) is 17.6. The van der Waals surface area contributed by atoms with Crippen LogP contribution in [0.4, 0.5) is 0 Å². The first-order chi connectivity index (χ1) is 12.0. The van der Waals surface area contributed by atoms with Crippen molar-refractivity contribution < 1.29 is 14.6 Å². The second-order valence-corrected chi connectivity index (χ2v) is 7.50. The van der Waals surface area contributed by atoms with Crippen molar-refractivity contribution in [2.24, 2.45) is 0 Å². The summed E-state index contributed by atoms with van der Waals surface area (Å²) in [5, 5.41) is 11.8. The Bertz CT molecular complexity index is 725. The topological polar surface area (TPSA) is 41.9 Å². The molecule has 25 heavy (non-hydrogen) atoms. The Morgan fingerprint density at radius 2 is 1.48 bits per heavy atom. The van der Waals surface area contributed by atoms with E-state index in [-0.39, 0.29) is 12.5 Å². The van der Waals surface area contributed by atoms with Crippen LogP contribution >= 0.6 is 23.2 Å². The molecule has 6 heteroatoms. The van der Waals surface area contributed by atoms with Gasteiger partial charge < -0.3 is 14.6 Å². The van der Waals surface area contributed by atoms with Gasteiger partial charge in [-0.15, -0.1) is 0 Å². The SMILES string of the molecule is CC(O)C12COC(c3cccc(Cl)c3)N1C(c1cccc(Cl)c1)OC2. The van der Waals surface area contributed by atoms with Gasteiger partial charge >= 0.3 is 0 Å². The first-order valence-corrected chi connectivity index (χ1v) is 8.97. The average molecular weight is 380 g/mol. The van der Waals surface area contributed by atoms with Crippen molar-refractivity contribution >= 4 is 23.2 Å². The summed E-state index contributed by atoms with van der Waals surface area (Å²) < 4.78 is 12.2. The lowest BCUT2D eigenvalue weighted by Crippen LogP contribution is -2.52. The summed E-state index contributed by atoms with van der Waals surface area (Å²) in [6.07, 6.45) is -1.31. The summed E-state index contributed by atoms with van der Waals surface area (Å²) in [6.45, 7) is 2.55. The fraction of sp³-hybridized carbons (Fsp3) is 0.368. The minimum atomic E-state index is -0.610. The highest BCUT2D eigenvalue weighted by Gasteiger charge is 2.59. The Hall–Kier alpha value is -1.14. The van der Waals surface area contributed by atoms with Gasteiger partial charge in [0.25, 0.3) is 0 Å². The maximum Gasteiger partial charge on any atom is 0.139 e. The molecule has 4 nitrogen and oxygen atoms in total. The fourth-order valence-corrected chi connectivity index (χ4v) is 4.08. The molecule has 0 aliphatic carbocycles. The molecule has 2 saturated heterocycles. The maximum atomic E-state index is 10.5. The average Bonchev–Trinajstić information content (AvgIpc) is 3.13. The van der Waals surface area contributed by atoms with Crippen LogP contribution in [0.25, 0.3) is 0 Å². The predicted octanol–water partition coefficient (Wildman–Crippen LogP) is 4.17. The summed E-state index contributed by atoms with van der Waals surface area (Å²) in [5.41, 5.74) is 1.28. The highest BCUT2D eigenvalue weighted by atomic mass is 35.5. The van der Waals surface area contributed by atoms with Crippen LogP contribution in [0.15, 0.2) is 48.5 Å². The lowest BCUT2D eigenvalue weighted by molar-refractivity contribution is -0.0654. The quantitative estimate of drug-likeness (QED) is 0.868. The second-order valence-electron chi connectivity index (χ2n) is 6.62. The summed E-state index contributed by atoms with van der Waals surface area (Å²) in [6, 6.07) is 15.2. The van der Waals surface area contributed by atoms with Gasteiger partial charge in [0.1, 0.15) is 12.5 Å². The molecular formula is C19H19Cl2NO3. The molecule has 2 aliphatic heterocycles. The number of nitrogens with zero attached hydrogens (tertiary/aromatic N) is 1. The molecule has 0 saturated carbocycles. The predicted molar refractivity (Wildman–Crippen MR) is 96.5 cm³/mol. The van der Waals surface area contributed by atoms with Crippen molar-refractivity contribution in [3.05, 3.63) is 69.7 Å². The summed E-state index contributed by atoms with van der Waals surface area (Å²) in [4.78, 5) is 2.11. The molecule has 2 heterocycles. The van der Waals surface area contributed by atoms with Crippen LogP contribution in [0, 0.1) is 0 Å². The number of hydrogen-bond donors (Lipinski definition) is 1. The van der Waals surface area contributed by atoms with Crippen LogP contribution in [0.3, 0.4) is 0 Å². The van der Waals surface area contributed by atoms with Gasteiger partial charge in [-0.1, -0.05) is 47.5 Å². The highest BCUT2D eigenvalue weighted by Crippen LogP contribution is 2.50. The van der Waals surface area contributed by atoms with Gasteiger partial charge in [-0.25, -0.2) is 4.90 Å². The molecule has 2 aromatic carbocycles. The van der Waals surface area contributed by atoms with Gasteiger partial charge in [-0.05, 0) is 42.3 Å². The van der Waals surface area contributed by atoms with Crippen molar-refractivity contribution in [2.75, 3.05) is 13.2 Å². The molecule has 0 aromatic heterocycles. The standard InChI is InChI=1S/C19H19Cl2NO3/c1-12(23)19-10-24-17(13-4-2-6-15(20)8-13)22(19)18(25-11-19)14-5-3-7-16(21)9-14/h2-9,12,17-18,23H,10-11H2,1H3. The van der Waals surface area contributed by atoms with E-state index in [1.807, 2.05) is 48.5 Å². The Morgan fingerprint density at radius 1 is 1.00 bits per heavy atom. The molecule has 3 atom stereocenters. The maximum absolute atomic E-state index is 10.5. The van der Waals surface area contributed by atoms with E-state index in [0.29, 0.717) is 23.3 Å². The molecule has 0 bridgehead atoms. The van der Waals surface area contributed by atoms with E-state index in [4.69, 9.17) is 32.7 Å². The first-order valence-electron chi connectivity index (χ1n) is 8.22. The number of halogens is 2. The Balaban J connectivity index is 1.77. The minimum Gasteiger partial charge on any atom is -0.391 e. The van der Waals surface area contributed by atoms with Crippen molar-refractivity contribution in [3.63, 3.8) is 0 Å². The van der Waals surface area contributed by atoms with Crippen molar-refractivity contribution in [3.8, 4) is 0 Å². The van der Waals surface area contributed by atoms with Crippen LogP contribution in [0.2, 0.25) is 10.0 Å². The van der Waals surface area contributed by atoms with Crippen LogP contribution in [0.5, 0.6) is 0 Å². The molecule has 0 amide bonds. The van der Waals surface area contributed by atoms with Crippen molar-refractivity contribution in [2.45, 2.75) is 31.0 Å². The minimum absolute atomic E-state index is 0.347. The largest absolute Gasteiger partial charge is 0.391 e. The molecule has 0 radical (unpaired) electrons. The Labute approximate surface area is 156 Å². The molecule has 132 valence electrons. The molecule has 3 unspecified atom stereocenters.